The van der Waals surface area contributed by atoms with Crippen LogP contribution in [0.2, 0.25) is 0 Å². The van der Waals surface area contributed by atoms with Crippen LogP contribution in [-0.2, 0) is 11.3 Å². The Morgan fingerprint density at radius 1 is 1.38 bits per heavy atom. The van der Waals surface area contributed by atoms with Crippen molar-refractivity contribution in [2.24, 2.45) is 0 Å². The minimum atomic E-state index is -2.95. The van der Waals surface area contributed by atoms with Crippen LogP contribution in [0.3, 0.4) is 0 Å². The molecule has 0 spiro atoms. The van der Waals surface area contributed by atoms with Crippen molar-refractivity contribution in [1.29, 1.82) is 0 Å². The van der Waals surface area contributed by atoms with E-state index in [0.29, 0.717) is 6.54 Å². The second kappa shape index (κ2) is 7.74. The van der Waals surface area contributed by atoms with Crippen LogP contribution in [0, 0.1) is 20.8 Å². The highest BCUT2D eigenvalue weighted by molar-refractivity contribution is 9.10. The first-order chi connectivity index (χ1) is 11.3. The van der Waals surface area contributed by atoms with Gasteiger partial charge in [-0.25, -0.2) is 0 Å². The third kappa shape index (κ3) is 4.53. The minimum Gasteiger partial charge on any atom is -0.433 e. The predicted molar refractivity (Wildman–Crippen MR) is 90.5 cm³/mol. The summed E-state index contributed by atoms with van der Waals surface area (Å²) in [5.74, 6) is -0.360. The summed E-state index contributed by atoms with van der Waals surface area (Å²) in [5.41, 5.74) is 2.83. The molecule has 1 N–H and O–H groups in total. The summed E-state index contributed by atoms with van der Waals surface area (Å²) in [6.45, 7) is 3.01. The number of amides is 1. The molecule has 0 radical (unpaired) electrons. The first-order valence-electron chi connectivity index (χ1n) is 7.32. The average Bonchev–Trinajstić information content (AvgIpc) is 2.75. The van der Waals surface area contributed by atoms with Crippen molar-refractivity contribution in [1.82, 2.24) is 9.78 Å². The Morgan fingerprint density at radius 2 is 2.08 bits per heavy atom. The lowest BCUT2D eigenvalue weighted by atomic mass is 10.2. The summed E-state index contributed by atoms with van der Waals surface area (Å²) >= 11 is 3.43. The molecule has 1 amide bonds. The molecular weight excluding hydrogens is 384 g/mol. The number of alkyl halides is 2. The molecule has 0 aliphatic carbocycles. The number of hydrogen-bond donors (Lipinski definition) is 1. The number of ether oxygens (including phenoxy) is 1. The van der Waals surface area contributed by atoms with Gasteiger partial charge in [0.2, 0.25) is 5.91 Å². The first-order valence-corrected chi connectivity index (χ1v) is 8.12. The van der Waals surface area contributed by atoms with Gasteiger partial charge in [-0.15, -0.1) is 0 Å². The van der Waals surface area contributed by atoms with E-state index in [9.17, 15) is 13.6 Å². The number of carbonyl (C=O) groups is 1. The van der Waals surface area contributed by atoms with Gasteiger partial charge in [-0.3, -0.25) is 9.48 Å². The van der Waals surface area contributed by atoms with E-state index < -0.39 is 6.61 Å². The number of anilines is 1. The number of aromatic nitrogens is 2. The number of carbonyl (C=O) groups excluding carboxylic acids is 1. The molecule has 1 heterocycles. The van der Waals surface area contributed by atoms with Crippen molar-refractivity contribution in [3.8, 4) is 5.75 Å². The maximum absolute atomic E-state index is 12.4. The van der Waals surface area contributed by atoms with Gasteiger partial charge in [0, 0.05) is 12.1 Å². The lowest BCUT2D eigenvalue weighted by Gasteiger charge is -2.13. The molecule has 0 fully saturated rings. The topological polar surface area (TPSA) is 56.1 Å². The van der Waals surface area contributed by atoms with E-state index in [1.807, 2.05) is 13.8 Å². The second-order valence-electron chi connectivity index (χ2n) is 5.38. The zero-order valence-corrected chi connectivity index (χ0v) is 15.2. The molecule has 2 aromatic rings. The molecule has 0 atom stereocenters. The van der Waals surface area contributed by atoms with Crippen LogP contribution in [0.1, 0.15) is 23.4 Å². The number of halogens is 3. The predicted octanol–water partition coefficient (Wildman–Crippen LogP) is 4.20. The van der Waals surface area contributed by atoms with E-state index in [1.165, 1.54) is 6.07 Å². The van der Waals surface area contributed by atoms with Gasteiger partial charge in [0.25, 0.3) is 0 Å². The van der Waals surface area contributed by atoms with Crippen molar-refractivity contribution in [2.45, 2.75) is 40.3 Å². The van der Waals surface area contributed by atoms with Crippen LogP contribution < -0.4 is 10.1 Å². The molecule has 8 heteroatoms. The molecule has 130 valence electrons. The van der Waals surface area contributed by atoms with Crippen molar-refractivity contribution < 1.29 is 18.3 Å². The number of aryl methyl sites for hydroxylation is 3. The van der Waals surface area contributed by atoms with Crippen LogP contribution in [0.5, 0.6) is 5.75 Å². The second-order valence-corrected chi connectivity index (χ2v) is 6.18. The minimum absolute atomic E-state index is 0.0576. The normalized spacial score (nSPS) is 11.0. The van der Waals surface area contributed by atoms with Crippen molar-refractivity contribution in [3.05, 3.63) is 39.6 Å². The fraction of sp³-hybridized carbons (Fsp3) is 0.375. The highest BCUT2D eigenvalue weighted by Crippen LogP contribution is 2.27. The Balaban J connectivity index is 2.04. The summed E-state index contributed by atoms with van der Waals surface area (Å²) in [7, 11) is 0. The van der Waals surface area contributed by atoms with Crippen molar-refractivity contribution in [2.75, 3.05) is 5.32 Å². The van der Waals surface area contributed by atoms with E-state index in [2.05, 4.69) is 31.1 Å². The molecular formula is C16H18BrF2N3O2. The van der Waals surface area contributed by atoms with Gasteiger partial charge in [-0.2, -0.15) is 13.9 Å². The van der Waals surface area contributed by atoms with Gasteiger partial charge in [-0.05, 0) is 54.4 Å². The maximum Gasteiger partial charge on any atom is 0.387 e. The molecule has 0 saturated carbocycles. The van der Waals surface area contributed by atoms with E-state index in [1.54, 1.807) is 23.7 Å². The monoisotopic (exact) mass is 401 g/mol. The third-order valence-corrected chi connectivity index (χ3v) is 4.62. The van der Waals surface area contributed by atoms with Gasteiger partial charge in [-0.1, -0.05) is 6.07 Å². The van der Waals surface area contributed by atoms with Gasteiger partial charge >= 0.3 is 6.61 Å². The third-order valence-electron chi connectivity index (χ3n) is 3.47. The summed E-state index contributed by atoms with van der Waals surface area (Å²) in [6, 6.07) is 4.64. The molecule has 5 nitrogen and oxygen atoms in total. The Bertz CT molecular complexity index is 747. The highest BCUT2D eigenvalue weighted by atomic mass is 79.9. The van der Waals surface area contributed by atoms with E-state index >= 15 is 0 Å². The Hall–Kier alpha value is -1.96. The molecule has 24 heavy (non-hydrogen) atoms. The molecule has 1 aromatic heterocycles. The molecule has 0 aliphatic heterocycles. The van der Waals surface area contributed by atoms with Gasteiger partial charge in [0.15, 0.2) is 0 Å². The average molecular weight is 402 g/mol. The quantitative estimate of drug-likeness (QED) is 0.788. The van der Waals surface area contributed by atoms with Crippen LogP contribution in [0.4, 0.5) is 14.5 Å². The number of benzene rings is 1. The maximum atomic E-state index is 12.4. The molecule has 0 unspecified atom stereocenters. The molecule has 0 saturated heterocycles. The SMILES string of the molecule is Cc1ccc(OC(F)F)c(NC(=O)CCn2nc(C)c(Br)c2C)c1. The smallest absolute Gasteiger partial charge is 0.387 e. The van der Waals surface area contributed by atoms with Crippen LogP contribution in [0.15, 0.2) is 22.7 Å². The van der Waals surface area contributed by atoms with E-state index in [0.717, 1.165) is 21.4 Å². The fourth-order valence-electron chi connectivity index (χ4n) is 2.25. The zero-order chi connectivity index (χ0) is 17.9. The van der Waals surface area contributed by atoms with Crippen LogP contribution in [-0.4, -0.2) is 22.3 Å². The summed E-state index contributed by atoms with van der Waals surface area (Å²) in [6.07, 6.45) is 0.163. The first kappa shape index (κ1) is 18.4. The number of nitrogens with zero attached hydrogens (tertiary/aromatic N) is 2. The van der Waals surface area contributed by atoms with Crippen LogP contribution in [0.25, 0.3) is 0 Å². The van der Waals surface area contributed by atoms with Gasteiger partial charge in [0.05, 0.1) is 22.4 Å². The Kier molecular flexibility index (Phi) is 5.93. The van der Waals surface area contributed by atoms with Crippen molar-refractivity contribution in [3.63, 3.8) is 0 Å². The van der Waals surface area contributed by atoms with E-state index in [-0.39, 0.29) is 23.8 Å². The van der Waals surface area contributed by atoms with E-state index in [4.69, 9.17) is 0 Å². The highest BCUT2D eigenvalue weighted by Gasteiger charge is 2.14. The largest absolute Gasteiger partial charge is 0.433 e. The molecule has 0 aliphatic rings. The number of rotatable bonds is 6. The summed E-state index contributed by atoms with van der Waals surface area (Å²) in [5, 5.41) is 6.94. The van der Waals surface area contributed by atoms with Crippen LogP contribution >= 0.6 is 15.9 Å². The van der Waals surface area contributed by atoms with Gasteiger partial charge in [0.1, 0.15) is 5.75 Å². The molecule has 1 aromatic carbocycles. The summed E-state index contributed by atoms with van der Waals surface area (Å²) < 4.78 is 32.0. The molecule has 0 bridgehead atoms. The Morgan fingerprint density at radius 3 is 2.67 bits per heavy atom. The fourth-order valence-corrected chi connectivity index (χ4v) is 2.54. The standard InChI is InChI=1S/C16H18BrF2N3O2/c1-9-4-5-13(24-16(18)19)12(8-9)20-14(23)6-7-22-11(3)15(17)10(2)21-22/h4-5,8,16H,6-7H2,1-3H3,(H,20,23). The molecule has 2 rings (SSSR count). The summed E-state index contributed by atoms with van der Waals surface area (Å²) in [4.78, 5) is 12.1. The number of nitrogens with one attached hydrogen (secondary N) is 1. The lowest BCUT2D eigenvalue weighted by molar-refractivity contribution is -0.116. The zero-order valence-electron chi connectivity index (χ0n) is 13.6. The Labute approximate surface area is 147 Å². The number of hydrogen-bond acceptors (Lipinski definition) is 3. The lowest BCUT2D eigenvalue weighted by Crippen LogP contribution is -2.17. The van der Waals surface area contributed by atoms with Gasteiger partial charge < -0.3 is 10.1 Å². The van der Waals surface area contributed by atoms with Crippen molar-refractivity contribution >= 4 is 27.5 Å².